The Morgan fingerprint density at radius 1 is 1.23 bits per heavy atom. The molecule has 0 fully saturated rings. The highest BCUT2D eigenvalue weighted by Gasteiger charge is 2.38. The second kappa shape index (κ2) is 6.36. The average molecular weight is 360 g/mol. The number of aliphatic imine (C=N–C) groups is 1. The first-order chi connectivity index (χ1) is 12.2. The van der Waals surface area contributed by atoms with Crippen LogP contribution in [0.1, 0.15) is 12.5 Å². The molecule has 0 saturated carbocycles. The van der Waals surface area contributed by atoms with Crippen molar-refractivity contribution in [1.29, 1.82) is 0 Å². The Hall–Kier alpha value is -3.03. The van der Waals surface area contributed by atoms with E-state index in [0.717, 1.165) is 6.07 Å². The zero-order valence-electron chi connectivity index (χ0n) is 14.6. The maximum atomic E-state index is 14.6. The monoisotopic (exact) mass is 360 g/mol. The molecule has 3 rings (SSSR count). The molecular weight excluding hydrogens is 342 g/mol. The van der Waals surface area contributed by atoms with Crippen molar-refractivity contribution in [2.24, 2.45) is 10.7 Å². The van der Waals surface area contributed by atoms with E-state index in [-0.39, 0.29) is 23.5 Å². The fourth-order valence-electron chi connectivity index (χ4n) is 3.08. The number of hydrogen-bond acceptors (Lipinski definition) is 5. The number of methoxy groups -OCH3 is 1. The van der Waals surface area contributed by atoms with Gasteiger partial charge in [-0.1, -0.05) is 0 Å². The van der Waals surface area contributed by atoms with E-state index in [1.807, 2.05) is 0 Å². The SMILES string of the molecule is COc1cncc(-c2cc(C3(C)CN(C)C(=O)C(N)=N3)c(F)cc2F)c1. The number of halogens is 2. The number of amidine groups is 1. The Morgan fingerprint density at radius 3 is 2.62 bits per heavy atom. The van der Waals surface area contributed by atoms with Crippen LogP contribution >= 0.6 is 0 Å². The van der Waals surface area contributed by atoms with Crippen molar-refractivity contribution in [2.45, 2.75) is 12.5 Å². The largest absolute Gasteiger partial charge is 0.495 e. The van der Waals surface area contributed by atoms with Gasteiger partial charge in [-0.15, -0.1) is 0 Å². The first-order valence-corrected chi connectivity index (χ1v) is 7.85. The molecule has 0 radical (unpaired) electrons. The van der Waals surface area contributed by atoms with E-state index in [1.54, 1.807) is 20.0 Å². The zero-order chi connectivity index (χ0) is 19.1. The molecule has 8 heteroatoms. The highest BCUT2D eigenvalue weighted by molar-refractivity contribution is 6.37. The fraction of sp³-hybridized carbons (Fsp3) is 0.278. The number of benzene rings is 1. The first kappa shape index (κ1) is 17.8. The van der Waals surface area contributed by atoms with E-state index in [0.29, 0.717) is 11.3 Å². The van der Waals surface area contributed by atoms with E-state index in [4.69, 9.17) is 10.5 Å². The molecule has 26 heavy (non-hydrogen) atoms. The summed E-state index contributed by atoms with van der Waals surface area (Å²) in [6.45, 7) is 1.76. The minimum absolute atomic E-state index is 0.116. The number of aromatic nitrogens is 1. The number of rotatable bonds is 3. The predicted octanol–water partition coefficient (Wildman–Crippen LogP) is 2.08. The number of carbonyl (C=O) groups is 1. The van der Waals surface area contributed by atoms with Gasteiger partial charge < -0.3 is 15.4 Å². The number of carbonyl (C=O) groups excluding carboxylic acids is 1. The smallest absolute Gasteiger partial charge is 0.288 e. The van der Waals surface area contributed by atoms with E-state index in [9.17, 15) is 13.6 Å². The lowest BCUT2D eigenvalue weighted by Crippen LogP contribution is -2.50. The summed E-state index contributed by atoms with van der Waals surface area (Å²) in [4.78, 5) is 21.4. The van der Waals surface area contributed by atoms with Crippen LogP contribution in [-0.4, -0.2) is 42.3 Å². The Bertz CT molecular complexity index is 916. The van der Waals surface area contributed by atoms with Gasteiger partial charge >= 0.3 is 0 Å². The topological polar surface area (TPSA) is 80.8 Å². The van der Waals surface area contributed by atoms with E-state index in [2.05, 4.69) is 9.98 Å². The molecule has 1 aromatic heterocycles. The van der Waals surface area contributed by atoms with Crippen LogP contribution in [0.15, 0.2) is 35.6 Å². The number of ether oxygens (including phenoxy) is 1. The van der Waals surface area contributed by atoms with Gasteiger partial charge in [-0.3, -0.25) is 14.8 Å². The van der Waals surface area contributed by atoms with Crippen LogP contribution in [0.25, 0.3) is 11.1 Å². The third kappa shape index (κ3) is 2.98. The summed E-state index contributed by atoms with van der Waals surface area (Å²) < 4.78 is 34.1. The molecule has 2 heterocycles. The van der Waals surface area contributed by atoms with Gasteiger partial charge in [0, 0.05) is 36.0 Å². The van der Waals surface area contributed by atoms with Crippen molar-refractivity contribution in [2.75, 3.05) is 20.7 Å². The van der Waals surface area contributed by atoms with E-state index < -0.39 is 23.1 Å². The van der Waals surface area contributed by atoms with Crippen molar-refractivity contribution in [1.82, 2.24) is 9.88 Å². The second-order valence-electron chi connectivity index (χ2n) is 6.36. The summed E-state index contributed by atoms with van der Waals surface area (Å²) in [5.74, 6) is -1.69. The van der Waals surface area contributed by atoms with Crippen LogP contribution in [0.4, 0.5) is 8.78 Å². The highest BCUT2D eigenvalue weighted by atomic mass is 19.1. The molecule has 1 aliphatic heterocycles. The van der Waals surface area contributed by atoms with E-state index >= 15 is 0 Å². The number of nitrogens with zero attached hydrogens (tertiary/aromatic N) is 3. The quantitative estimate of drug-likeness (QED) is 0.909. The molecule has 1 amide bonds. The Labute approximate surface area is 149 Å². The highest BCUT2D eigenvalue weighted by Crippen LogP contribution is 2.35. The van der Waals surface area contributed by atoms with Gasteiger partial charge in [0.1, 0.15) is 22.9 Å². The molecule has 0 spiro atoms. The van der Waals surface area contributed by atoms with Gasteiger partial charge in [0.05, 0.1) is 19.9 Å². The Morgan fingerprint density at radius 2 is 1.96 bits per heavy atom. The predicted molar refractivity (Wildman–Crippen MR) is 92.8 cm³/mol. The van der Waals surface area contributed by atoms with Gasteiger partial charge in [0.2, 0.25) is 0 Å². The minimum Gasteiger partial charge on any atom is -0.495 e. The summed E-state index contributed by atoms with van der Waals surface area (Å²) >= 11 is 0. The summed E-state index contributed by atoms with van der Waals surface area (Å²) in [6, 6.07) is 3.78. The van der Waals surface area contributed by atoms with Gasteiger partial charge in [0.25, 0.3) is 5.91 Å². The van der Waals surface area contributed by atoms with Crippen LogP contribution in [0.2, 0.25) is 0 Å². The standard InChI is InChI=1S/C18H18F2N4O2/c1-18(9-24(2)17(25)16(21)23-18)13-5-12(14(19)6-15(13)20)10-4-11(26-3)8-22-7-10/h4-8H,9H2,1-3H3,(H2,21,23). The normalized spacial score (nSPS) is 20.1. The molecule has 2 aromatic rings. The molecule has 2 N–H and O–H groups in total. The molecule has 1 aromatic carbocycles. The minimum atomic E-state index is -1.13. The van der Waals surface area contributed by atoms with Crippen molar-refractivity contribution >= 4 is 11.7 Å². The van der Waals surface area contributed by atoms with Crippen LogP contribution in [0.5, 0.6) is 5.75 Å². The lowest BCUT2D eigenvalue weighted by atomic mass is 9.88. The maximum absolute atomic E-state index is 14.6. The van der Waals surface area contributed by atoms with Gasteiger partial charge in [0.15, 0.2) is 5.84 Å². The third-order valence-corrected chi connectivity index (χ3v) is 4.37. The molecule has 0 saturated heterocycles. The first-order valence-electron chi connectivity index (χ1n) is 7.85. The number of hydrogen-bond donors (Lipinski definition) is 1. The molecule has 6 nitrogen and oxygen atoms in total. The average Bonchev–Trinajstić information content (AvgIpc) is 2.59. The van der Waals surface area contributed by atoms with Crippen molar-refractivity contribution in [3.8, 4) is 16.9 Å². The summed E-state index contributed by atoms with van der Waals surface area (Å²) in [5, 5.41) is 0. The number of amides is 1. The lowest BCUT2D eigenvalue weighted by Gasteiger charge is -2.35. The number of likely N-dealkylation sites (N-methyl/N-ethyl adjacent to an activating group) is 1. The summed E-state index contributed by atoms with van der Waals surface area (Å²) in [7, 11) is 3.02. The zero-order valence-corrected chi connectivity index (χ0v) is 14.6. The van der Waals surface area contributed by atoms with Crippen LogP contribution in [0, 0.1) is 11.6 Å². The lowest BCUT2D eigenvalue weighted by molar-refractivity contribution is -0.124. The van der Waals surface area contributed by atoms with Crippen molar-refractivity contribution in [3.05, 3.63) is 47.8 Å². The Balaban J connectivity index is 2.16. The van der Waals surface area contributed by atoms with E-state index in [1.165, 1.54) is 30.5 Å². The third-order valence-electron chi connectivity index (χ3n) is 4.37. The number of pyridine rings is 1. The maximum Gasteiger partial charge on any atom is 0.288 e. The second-order valence-corrected chi connectivity index (χ2v) is 6.36. The van der Waals surface area contributed by atoms with Gasteiger partial charge in [-0.05, 0) is 19.1 Å². The van der Waals surface area contributed by atoms with Crippen LogP contribution in [-0.2, 0) is 10.3 Å². The molecule has 1 atom stereocenters. The van der Waals surface area contributed by atoms with Crippen molar-refractivity contribution < 1.29 is 18.3 Å². The van der Waals surface area contributed by atoms with Crippen LogP contribution < -0.4 is 10.5 Å². The molecule has 0 bridgehead atoms. The molecule has 1 unspecified atom stereocenters. The molecule has 136 valence electrons. The molecular formula is C18H18F2N4O2. The number of nitrogens with two attached hydrogens (primary N) is 1. The summed E-state index contributed by atoms with van der Waals surface area (Å²) in [6.07, 6.45) is 2.94. The molecule has 0 aliphatic carbocycles. The molecule has 1 aliphatic rings. The summed E-state index contributed by atoms with van der Waals surface area (Å²) in [5.41, 5.74) is 5.28. The Kier molecular flexibility index (Phi) is 4.35. The fourth-order valence-corrected chi connectivity index (χ4v) is 3.08. The van der Waals surface area contributed by atoms with Crippen molar-refractivity contribution in [3.63, 3.8) is 0 Å². The van der Waals surface area contributed by atoms with Crippen LogP contribution in [0.3, 0.4) is 0 Å². The van der Waals surface area contributed by atoms with Gasteiger partial charge in [-0.25, -0.2) is 8.78 Å². The van der Waals surface area contributed by atoms with Gasteiger partial charge in [-0.2, -0.15) is 0 Å².